The summed E-state index contributed by atoms with van der Waals surface area (Å²) in [5.74, 6) is 0.537. The second kappa shape index (κ2) is 8.53. The predicted molar refractivity (Wildman–Crippen MR) is 125 cm³/mol. The highest BCUT2D eigenvalue weighted by Crippen LogP contribution is 2.25. The van der Waals surface area contributed by atoms with Crippen molar-refractivity contribution in [2.75, 3.05) is 36.5 Å². The average molecular weight is 423 g/mol. The van der Waals surface area contributed by atoms with E-state index in [0.29, 0.717) is 17.1 Å². The number of imidazole rings is 1. The van der Waals surface area contributed by atoms with E-state index in [2.05, 4.69) is 25.0 Å². The largest absolute Gasteiger partial charge is 0.378 e. The van der Waals surface area contributed by atoms with Crippen LogP contribution < -0.4 is 10.2 Å². The fourth-order valence-corrected chi connectivity index (χ4v) is 3.76. The van der Waals surface area contributed by atoms with E-state index in [1.807, 2.05) is 42.5 Å². The molecule has 0 spiro atoms. The lowest BCUT2D eigenvalue weighted by molar-refractivity contribution is 0.102. The number of morpholine rings is 1. The number of carbonyl (C=O) groups excluding carboxylic acids is 1. The summed E-state index contributed by atoms with van der Waals surface area (Å²) in [7, 11) is 0. The Morgan fingerprint density at radius 1 is 1.03 bits per heavy atom. The molecule has 0 saturated carbocycles. The molecule has 0 atom stereocenters. The summed E-state index contributed by atoms with van der Waals surface area (Å²) in [6, 6.07) is 20.5. The highest BCUT2D eigenvalue weighted by atomic mass is 16.5. The Hall–Kier alpha value is -4.15. The molecule has 7 heteroatoms. The van der Waals surface area contributed by atoms with E-state index in [4.69, 9.17) is 11.3 Å². The minimum Gasteiger partial charge on any atom is -0.378 e. The fourth-order valence-electron chi connectivity index (χ4n) is 3.76. The first-order chi connectivity index (χ1) is 15.7. The topological polar surface area (TPSA) is 74.6 Å². The van der Waals surface area contributed by atoms with Gasteiger partial charge in [-0.2, -0.15) is 0 Å². The number of fused-ring (bicyclic) bond motifs is 1. The molecule has 1 aliphatic heterocycles. The van der Waals surface area contributed by atoms with Crippen LogP contribution in [0.15, 0.2) is 66.7 Å². The zero-order valence-corrected chi connectivity index (χ0v) is 17.3. The van der Waals surface area contributed by atoms with E-state index in [0.717, 1.165) is 54.3 Å². The van der Waals surface area contributed by atoms with Crippen molar-refractivity contribution in [1.82, 2.24) is 9.97 Å². The summed E-state index contributed by atoms with van der Waals surface area (Å²) < 4.78 is 5.39. The minimum absolute atomic E-state index is 0.165. The standard InChI is InChI=1S/C25H21N5O2/c1-26-20-8-11-22-23(16-20)29-24(28-22)17-2-4-18(5-3-17)25(31)27-19-6-9-21(10-7-19)30-12-14-32-15-13-30/h2-11,16H,12-15H2,(H,27,31)(H,28,29). The van der Waals surface area contributed by atoms with Gasteiger partial charge in [0.2, 0.25) is 0 Å². The van der Waals surface area contributed by atoms with Gasteiger partial charge in [0.05, 0.1) is 30.8 Å². The molecule has 2 N–H and O–H groups in total. The molecule has 1 fully saturated rings. The number of rotatable bonds is 4. The molecule has 2 heterocycles. The molecule has 1 aliphatic rings. The Bertz CT molecular complexity index is 1300. The van der Waals surface area contributed by atoms with E-state index < -0.39 is 0 Å². The molecule has 7 nitrogen and oxygen atoms in total. The minimum atomic E-state index is -0.165. The van der Waals surface area contributed by atoms with Crippen LogP contribution in [0.4, 0.5) is 17.1 Å². The van der Waals surface area contributed by atoms with Crippen molar-refractivity contribution >= 4 is 34.0 Å². The lowest BCUT2D eigenvalue weighted by Gasteiger charge is -2.28. The van der Waals surface area contributed by atoms with E-state index in [-0.39, 0.29) is 5.91 Å². The van der Waals surface area contributed by atoms with Crippen LogP contribution in [-0.2, 0) is 4.74 Å². The smallest absolute Gasteiger partial charge is 0.255 e. The number of H-pyrrole nitrogens is 1. The summed E-state index contributed by atoms with van der Waals surface area (Å²) in [5.41, 5.74) is 5.51. The summed E-state index contributed by atoms with van der Waals surface area (Å²) >= 11 is 0. The van der Waals surface area contributed by atoms with Gasteiger partial charge in [0, 0.05) is 35.6 Å². The second-order valence-electron chi connectivity index (χ2n) is 7.58. The summed E-state index contributed by atoms with van der Waals surface area (Å²) in [6.45, 7) is 10.4. The van der Waals surface area contributed by atoms with Gasteiger partial charge >= 0.3 is 0 Å². The van der Waals surface area contributed by atoms with Crippen molar-refractivity contribution in [3.8, 4) is 11.4 Å². The van der Waals surface area contributed by atoms with Gasteiger partial charge in [-0.05, 0) is 48.5 Å². The second-order valence-corrected chi connectivity index (χ2v) is 7.58. The number of carbonyl (C=O) groups is 1. The molecule has 0 radical (unpaired) electrons. The summed E-state index contributed by atoms with van der Waals surface area (Å²) in [5, 5.41) is 2.95. The van der Waals surface area contributed by atoms with E-state index in [1.165, 1.54) is 0 Å². The average Bonchev–Trinajstić information content (AvgIpc) is 3.28. The third kappa shape index (κ3) is 4.04. The van der Waals surface area contributed by atoms with Gasteiger partial charge in [0.1, 0.15) is 5.82 Å². The number of benzene rings is 3. The number of aromatic amines is 1. The van der Waals surface area contributed by atoms with Crippen molar-refractivity contribution in [3.05, 3.63) is 83.7 Å². The highest BCUT2D eigenvalue weighted by molar-refractivity contribution is 6.04. The maximum Gasteiger partial charge on any atom is 0.255 e. The summed E-state index contributed by atoms with van der Waals surface area (Å²) in [6.07, 6.45) is 0. The molecule has 4 aromatic rings. The van der Waals surface area contributed by atoms with Gasteiger partial charge in [0.15, 0.2) is 5.69 Å². The van der Waals surface area contributed by atoms with Crippen molar-refractivity contribution in [3.63, 3.8) is 0 Å². The summed E-state index contributed by atoms with van der Waals surface area (Å²) in [4.78, 5) is 26.2. The zero-order chi connectivity index (χ0) is 21.9. The molecule has 1 amide bonds. The van der Waals surface area contributed by atoms with E-state index in [1.54, 1.807) is 24.3 Å². The van der Waals surface area contributed by atoms with Crippen LogP contribution in [0, 0.1) is 6.57 Å². The number of ether oxygens (including phenoxy) is 1. The van der Waals surface area contributed by atoms with Gasteiger partial charge in [-0.3, -0.25) is 4.79 Å². The van der Waals surface area contributed by atoms with Gasteiger partial charge < -0.3 is 19.9 Å². The molecule has 32 heavy (non-hydrogen) atoms. The SMILES string of the molecule is [C-]#[N+]c1ccc2nc(-c3ccc(C(=O)Nc4ccc(N5CCOCC5)cc4)cc3)[nH]c2c1. The van der Waals surface area contributed by atoms with Gasteiger partial charge in [-0.25, -0.2) is 9.83 Å². The quantitative estimate of drug-likeness (QED) is 0.459. The Balaban J connectivity index is 1.27. The molecule has 1 saturated heterocycles. The maximum absolute atomic E-state index is 12.7. The van der Waals surface area contributed by atoms with E-state index in [9.17, 15) is 4.79 Å². The Morgan fingerprint density at radius 3 is 2.50 bits per heavy atom. The van der Waals surface area contributed by atoms with Crippen LogP contribution in [0.25, 0.3) is 27.3 Å². The molecular formula is C25H21N5O2. The Labute approximate surface area is 185 Å². The first-order valence-corrected chi connectivity index (χ1v) is 10.4. The molecular weight excluding hydrogens is 402 g/mol. The zero-order valence-electron chi connectivity index (χ0n) is 17.3. The predicted octanol–water partition coefficient (Wildman–Crippen LogP) is 4.87. The molecule has 0 aliphatic carbocycles. The first kappa shape index (κ1) is 19.8. The molecule has 3 aromatic carbocycles. The molecule has 1 aromatic heterocycles. The lowest BCUT2D eigenvalue weighted by atomic mass is 10.1. The van der Waals surface area contributed by atoms with Crippen LogP contribution in [0.2, 0.25) is 0 Å². The van der Waals surface area contributed by atoms with Crippen LogP contribution >= 0.6 is 0 Å². The third-order valence-electron chi connectivity index (χ3n) is 5.52. The highest BCUT2D eigenvalue weighted by Gasteiger charge is 2.12. The number of hydrogen-bond donors (Lipinski definition) is 2. The van der Waals surface area contributed by atoms with Crippen LogP contribution in [0.1, 0.15) is 10.4 Å². The maximum atomic E-state index is 12.7. The van der Waals surface area contributed by atoms with Crippen LogP contribution in [0.5, 0.6) is 0 Å². The van der Waals surface area contributed by atoms with Crippen molar-refractivity contribution in [2.24, 2.45) is 0 Å². The number of amides is 1. The van der Waals surface area contributed by atoms with Crippen LogP contribution in [0.3, 0.4) is 0 Å². The number of aromatic nitrogens is 2. The molecule has 5 rings (SSSR count). The number of hydrogen-bond acceptors (Lipinski definition) is 4. The van der Waals surface area contributed by atoms with Crippen molar-refractivity contribution < 1.29 is 9.53 Å². The molecule has 0 bridgehead atoms. The normalized spacial score (nSPS) is 13.7. The van der Waals surface area contributed by atoms with Gasteiger partial charge in [-0.15, -0.1) is 0 Å². The monoisotopic (exact) mass is 423 g/mol. The number of anilines is 2. The molecule has 158 valence electrons. The Kier molecular flexibility index (Phi) is 5.28. The number of nitrogens with one attached hydrogen (secondary N) is 2. The van der Waals surface area contributed by atoms with E-state index >= 15 is 0 Å². The third-order valence-corrected chi connectivity index (χ3v) is 5.52. The Morgan fingerprint density at radius 2 is 1.78 bits per heavy atom. The fraction of sp³-hybridized carbons (Fsp3) is 0.160. The van der Waals surface area contributed by atoms with Crippen molar-refractivity contribution in [2.45, 2.75) is 0 Å². The van der Waals surface area contributed by atoms with Gasteiger partial charge in [0.25, 0.3) is 5.91 Å². The lowest BCUT2D eigenvalue weighted by Crippen LogP contribution is -2.36. The number of nitrogens with zero attached hydrogens (tertiary/aromatic N) is 3. The van der Waals surface area contributed by atoms with Crippen molar-refractivity contribution in [1.29, 1.82) is 0 Å². The molecule has 0 unspecified atom stereocenters. The van der Waals surface area contributed by atoms with Crippen LogP contribution in [-0.4, -0.2) is 42.2 Å². The first-order valence-electron chi connectivity index (χ1n) is 10.4. The van der Waals surface area contributed by atoms with Gasteiger partial charge in [-0.1, -0.05) is 18.2 Å².